The number of nitro benzene ring substituents is 2. The quantitative estimate of drug-likeness (QED) is 0.0554. The van der Waals surface area contributed by atoms with E-state index in [0.29, 0.717) is 0 Å². The first-order chi connectivity index (χ1) is 33.2. The second-order valence-corrected chi connectivity index (χ2v) is 17.3. The number of non-ortho nitro benzene ring substituents is 2. The average Bonchev–Trinajstić information content (AvgIpc) is 3.87. The van der Waals surface area contributed by atoms with E-state index in [2.05, 4.69) is 0 Å². The van der Waals surface area contributed by atoms with Gasteiger partial charge in [0, 0.05) is 97.8 Å². The van der Waals surface area contributed by atoms with Gasteiger partial charge in [-0.05, 0) is 48.5 Å². The van der Waals surface area contributed by atoms with E-state index < -0.39 is 46.5 Å². The summed E-state index contributed by atoms with van der Waals surface area (Å²) in [7, 11) is 3.02. The second-order valence-electron chi connectivity index (χ2n) is 17.3. The van der Waals surface area contributed by atoms with E-state index in [9.17, 15) is 56.8 Å². The molecule has 2 heterocycles. The minimum absolute atomic E-state index is 0.111. The first kappa shape index (κ1) is 50.5. The first-order valence-electron chi connectivity index (χ1n) is 21.8. The lowest BCUT2D eigenvalue weighted by molar-refractivity contribution is -0.384. The van der Waals surface area contributed by atoms with Gasteiger partial charge in [-0.25, -0.2) is 0 Å². The highest BCUT2D eigenvalue weighted by molar-refractivity contribution is 5.88. The Labute approximate surface area is 398 Å². The van der Waals surface area contributed by atoms with Crippen molar-refractivity contribution in [3.63, 3.8) is 0 Å². The van der Waals surface area contributed by atoms with Crippen molar-refractivity contribution >= 4 is 33.2 Å². The van der Waals surface area contributed by atoms with Gasteiger partial charge in [-0.3, -0.25) is 30.0 Å². The maximum atomic E-state index is 14.5. The number of fused-ring (bicyclic) bond motifs is 2. The predicted octanol–water partition coefficient (Wildman–Crippen LogP) is 11.0. The molecule has 8 aromatic rings. The van der Waals surface area contributed by atoms with Crippen LogP contribution in [0.2, 0.25) is 0 Å². The van der Waals surface area contributed by atoms with Gasteiger partial charge in [-0.2, -0.15) is 26.3 Å². The number of likely N-dealkylation sites (N-methyl/N-ethyl adjacent to an activating group) is 2. The van der Waals surface area contributed by atoms with Gasteiger partial charge < -0.3 is 19.3 Å². The van der Waals surface area contributed by atoms with E-state index in [0.717, 1.165) is 34.4 Å². The second kappa shape index (κ2) is 20.7. The number of hydrogen-bond donors (Lipinski definition) is 2. The van der Waals surface area contributed by atoms with Crippen LogP contribution in [0.5, 0.6) is 0 Å². The van der Waals surface area contributed by atoms with Crippen molar-refractivity contribution in [1.29, 1.82) is 0 Å². The molecule has 2 aromatic heterocycles. The fraction of sp³-hybridized carbons (Fsp3) is 0.231. The molecule has 0 aliphatic rings. The van der Waals surface area contributed by atoms with Crippen LogP contribution in [-0.2, 0) is 37.4 Å². The van der Waals surface area contributed by atoms with Gasteiger partial charge in [-0.15, -0.1) is 0 Å². The molecule has 0 saturated heterocycles. The van der Waals surface area contributed by atoms with Crippen molar-refractivity contribution in [3.8, 4) is 0 Å². The molecule has 70 heavy (non-hydrogen) atoms. The summed E-state index contributed by atoms with van der Waals surface area (Å²) in [6.07, 6.45) is -7.48. The summed E-state index contributed by atoms with van der Waals surface area (Å²) in [6, 6.07) is 43.4. The number of aliphatic hydroxyl groups is 2. The minimum atomic E-state index is -4.99. The molecule has 0 amide bonds. The summed E-state index contributed by atoms with van der Waals surface area (Å²) in [6.45, 7) is -0.654. The SMILES string of the molecule is CN(Cc1ccccc1)CC(O)(c1cn(Cc2ccccc2)c2cc([N+](=O)[O-])ccc12)C(F)(F)F.CN(Cc1ccccc1)CC(O)(c1cn(Cc2ccccc2)c2cc([N+](=O)[O-])ccc12)C(F)(F)F. The number of halogens is 6. The summed E-state index contributed by atoms with van der Waals surface area (Å²) in [5, 5.41) is 45.4. The van der Waals surface area contributed by atoms with Crippen LogP contribution < -0.4 is 0 Å². The number of rotatable bonds is 16. The van der Waals surface area contributed by atoms with Crippen molar-refractivity contribution in [3.05, 3.63) is 224 Å². The number of aromatic nitrogens is 2. The molecular weight excluding hydrogens is 919 g/mol. The van der Waals surface area contributed by atoms with Gasteiger partial charge in [-0.1, -0.05) is 121 Å². The Bertz CT molecular complexity index is 2850. The fourth-order valence-electron chi connectivity index (χ4n) is 8.61. The van der Waals surface area contributed by atoms with Crippen LogP contribution in [0.25, 0.3) is 21.8 Å². The molecule has 0 spiro atoms. The molecule has 6 aromatic carbocycles. The van der Waals surface area contributed by atoms with Crippen molar-refractivity contribution in [2.45, 2.75) is 49.7 Å². The highest BCUT2D eigenvalue weighted by Crippen LogP contribution is 2.45. The Morgan fingerprint density at radius 1 is 0.486 bits per heavy atom. The van der Waals surface area contributed by atoms with Crippen molar-refractivity contribution in [2.75, 3.05) is 27.2 Å². The zero-order valence-electron chi connectivity index (χ0n) is 37.9. The largest absolute Gasteiger partial charge is 0.422 e. The molecule has 12 nitrogen and oxygen atoms in total. The van der Waals surface area contributed by atoms with Gasteiger partial charge in [0.05, 0.1) is 20.9 Å². The molecule has 0 aliphatic heterocycles. The molecule has 0 radical (unpaired) electrons. The van der Waals surface area contributed by atoms with Crippen LogP contribution in [0.1, 0.15) is 33.4 Å². The Balaban J connectivity index is 0.000000206. The van der Waals surface area contributed by atoms with Crippen LogP contribution in [0.15, 0.2) is 170 Å². The van der Waals surface area contributed by atoms with Crippen molar-refractivity contribution < 1.29 is 46.4 Å². The number of nitrogens with zero attached hydrogens (tertiary/aromatic N) is 6. The van der Waals surface area contributed by atoms with E-state index in [1.807, 2.05) is 48.5 Å². The number of hydrogen-bond acceptors (Lipinski definition) is 8. The van der Waals surface area contributed by atoms with Crippen LogP contribution in [0.3, 0.4) is 0 Å². The van der Waals surface area contributed by atoms with E-state index in [1.165, 1.54) is 69.7 Å². The van der Waals surface area contributed by atoms with Gasteiger partial charge >= 0.3 is 12.4 Å². The summed E-state index contributed by atoms with van der Waals surface area (Å²) in [5.74, 6) is 0. The molecule has 2 atom stereocenters. The van der Waals surface area contributed by atoms with Gasteiger partial charge in [0.25, 0.3) is 11.4 Å². The molecule has 0 aliphatic carbocycles. The van der Waals surface area contributed by atoms with E-state index >= 15 is 0 Å². The lowest BCUT2D eigenvalue weighted by Gasteiger charge is -2.34. The van der Waals surface area contributed by atoms with E-state index in [-0.39, 0.29) is 70.5 Å². The fourth-order valence-corrected chi connectivity index (χ4v) is 8.61. The standard InChI is InChI=1S/2C26H24F3N3O3/c2*1-30(15-19-8-4-2-5-9-19)18-25(33,26(27,28)29)23-17-31(16-20-10-6-3-7-11-20)24-14-21(32(34)35)12-13-22(23)24/h2*2-14,17,33H,15-16,18H2,1H3. The Hall–Kier alpha value is -7.38. The molecule has 8 rings (SSSR count). The van der Waals surface area contributed by atoms with Crippen molar-refractivity contribution in [2.24, 2.45) is 0 Å². The third kappa shape index (κ3) is 11.2. The monoisotopic (exact) mass is 966 g/mol. The molecule has 2 unspecified atom stereocenters. The van der Waals surface area contributed by atoms with Gasteiger partial charge in [0.1, 0.15) is 0 Å². The molecule has 2 N–H and O–H groups in total. The first-order valence-corrected chi connectivity index (χ1v) is 21.8. The third-order valence-electron chi connectivity index (χ3n) is 12.0. The third-order valence-corrected chi connectivity index (χ3v) is 12.0. The highest BCUT2D eigenvalue weighted by Gasteiger charge is 2.58. The summed E-state index contributed by atoms with van der Waals surface area (Å²) < 4.78 is 89.8. The highest BCUT2D eigenvalue weighted by atomic mass is 19.4. The molecule has 18 heteroatoms. The Morgan fingerprint density at radius 3 is 1.07 bits per heavy atom. The molecule has 0 bridgehead atoms. The Morgan fingerprint density at radius 2 is 0.786 bits per heavy atom. The molecule has 0 saturated carbocycles. The molecular formula is C52H48F6N6O6. The van der Waals surface area contributed by atoms with E-state index in [1.54, 1.807) is 72.8 Å². The number of alkyl halides is 6. The predicted molar refractivity (Wildman–Crippen MR) is 254 cm³/mol. The van der Waals surface area contributed by atoms with Gasteiger partial charge in [0.2, 0.25) is 11.2 Å². The minimum Gasteiger partial charge on any atom is -0.375 e. The topological polar surface area (TPSA) is 143 Å². The van der Waals surface area contributed by atoms with Crippen molar-refractivity contribution in [1.82, 2.24) is 18.9 Å². The lowest BCUT2D eigenvalue weighted by atomic mass is 9.91. The number of benzene rings is 6. The zero-order valence-corrected chi connectivity index (χ0v) is 37.9. The summed E-state index contributed by atoms with van der Waals surface area (Å²) in [4.78, 5) is 24.3. The number of nitro groups is 2. The normalized spacial score (nSPS) is 13.8. The van der Waals surface area contributed by atoms with Crippen LogP contribution in [0, 0.1) is 20.2 Å². The maximum Gasteiger partial charge on any atom is 0.422 e. The lowest BCUT2D eigenvalue weighted by Crippen LogP contribution is -2.50. The van der Waals surface area contributed by atoms with Crippen LogP contribution >= 0.6 is 0 Å². The summed E-state index contributed by atoms with van der Waals surface area (Å²) in [5.41, 5.74) is -3.86. The molecule has 364 valence electrons. The maximum absolute atomic E-state index is 14.5. The Kier molecular flexibility index (Phi) is 14.9. The smallest absolute Gasteiger partial charge is 0.375 e. The summed E-state index contributed by atoms with van der Waals surface area (Å²) >= 11 is 0. The van der Waals surface area contributed by atoms with Crippen LogP contribution in [0.4, 0.5) is 37.7 Å². The van der Waals surface area contributed by atoms with E-state index in [4.69, 9.17) is 0 Å². The molecule has 0 fully saturated rings. The zero-order chi connectivity index (χ0) is 50.4. The van der Waals surface area contributed by atoms with Crippen LogP contribution in [-0.4, -0.2) is 78.5 Å². The van der Waals surface area contributed by atoms with Gasteiger partial charge in [0.15, 0.2) is 0 Å². The average molecular weight is 967 g/mol.